The Morgan fingerprint density at radius 2 is 1.67 bits per heavy atom. The summed E-state index contributed by atoms with van der Waals surface area (Å²) in [6, 6.07) is 7.72. The molecule has 0 atom stereocenters. The fraction of sp³-hybridized carbons (Fsp3) is 0.143. The van der Waals surface area contributed by atoms with Gasteiger partial charge >= 0.3 is 0 Å². The average Bonchev–Trinajstić information content (AvgIpc) is 2.46. The normalized spacial score (nSPS) is 10.4. The summed E-state index contributed by atoms with van der Waals surface area (Å²) in [5.74, 6) is -2.17. The molecule has 0 unspecified atom stereocenters. The molecule has 0 amide bonds. The molecule has 2 aromatic rings. The molecule has 0 aliphatic rings. The van der Waals surface area contributed by atoms with Crippen molar-refractivity contribution in [1.29, 1.82) is 0 Å². The summed E-state index contributed by atoms with van der Waals surface area (Å²) < 4.78 is 32.4. The maximum atomic E-state index is 13.7. The first-order valence-corrected chi connectivity index (χ1v) is 6.05. The molecule has 0 fully saturated rings. The summed E-state index contributed by atoms with van der Waals surface area (Å²) in [5, 5.41) is 10.5. The Hall–Kier alpha value is -2.54. The van der Waals surface area contributed by atoms with Gasteiger partial charge in [-0.1, -0.05) is 0 Å². The zero-order chi connectivity index (χ0) is 15.4. The molecule has 110 valence electrons. The maximum absolute atomic E-state index is 13.7. The first-order chi connectivity index (χ1) is 10.0. The number of non-ortho nitro benzene ring substituents is 1. The third-order valence-electron chi connectivity index (χ3n) is 2.82. The van der Waals surface area contributed by atoms with Crippen molar-refractivity contribution in [2.45, 2.75) is 13.2 Å². The number of halogens is 2. The van der Waals surface area contributed by atoms with Gasteiger partial charge in [-0.25, -0.2) is 8.78 Å². The summed E-state index contributed by atoms with van der Waals surface area (Å²) in [4.78, 5) is 9.97. The van der Waals surface area contributed by atoms with Crippen LogP contribution in [-0.4, -0.2) is 4.92 Å². The molecule has 21 heavy (non-hydrogen) atoms. The number of nitrogens with two attached hydrogens (primary N) is 1. The quantitative estimate of drug-likeness (QED) is 0.679. The number of nitrogens with zero attached hydrogens (tertiary/aromatic N) is 1. The maximum Gasteiger partial charge on any atom is 0.269 e. The van der Waals surface area contributed by atoms with Crippen LogP contribution < -0.4 is 10.5 Å². The Bertz CT molecular complexity index is 637. The van der Waals surface area contributed by atoms with Gasteiger partial charge in [0.2, 0.25) is 0 Å². The lowest BCUT2D eigenvalue weighted by molar-refractivity contribution is -0.384. The molecule has 0 aromatic heterocycles. The second kappa shape index (κ2) is 6.27. The van der Waals surface area contributed by atoms with Crippen LogP contribution in [0.15, 0.2) is 36.4 Å². The summed E-state index contributed by atoms with van der Waals surface area (Å²) >= 11 is 0. The van der Waals surface area contributed by atoms with Gasteiger partial charge in [-0.2, -0.15) is 0 Å². The van der Waals surface area contributed by atoms with Gasteiger partial charge in [0.1, 0.15) is 6.61 Å². The van der Waals surface area contributed by atoms with E-state index in [1.807, 2.05) is 0 Å². The largest absolute Gasteiger partial charge is 0.483 e. The standard InChI is InChI=1S/C14H12F2N2O3/c15-12-5-10(7-17)6-13(16)14(12)21-8-9-1-3-11(4-2-9)18(19)20/h1-6H,7-8,17H2. The summed E-state index contributed by atoms with van der Waals surface area (Å²) in [5.41, 5.74) is 6.13. The molecule has 2 N–H and O–H groups in total. The molecule has 0 spiro atoms. The summed E-state index contributed by atoms with van der Waals surface area (Å²) in [7, 11) is 0. The van der Waals surface area contributed by atoms with Gasteiger partial charge in [0, 0.05) is 18.7 Å². The van der Waals surface area contributed by atoms with E-state index in [2.05, 4.69) is 0 Å². The van der Waals surface area contributed by atoms with E-state index in [0.717, 1.165) is 12.1 Å². The van der Waals surface area contributed by atoms with Crippen LogP contribution in [0.2, 0.25) is 0 Å². The number of hydrogen-bond acceptors (Lipinski definition) is 4. The molecule has 7 heteroatoms. The number of ether oxygens (including phenoxy) is 1. The fourth-order valence-corrected chi connectivity index (χ4v) is 1.74. The third kappa shape index (κ3) is 3.51. The average molecular weight is 294 g/mol. The van der Waals surface area contributed by atoms with Gasteiger partial charge < -0.3 is 10.5 Å². The number of nitro groups is 1. The SMILES string of the molecule is NCc1cc(F)c(OCc2ccc([N+](=O)[O-])cc2)c(F)c1. The van der Waals surface area contributed by atoms with Gasteiger partial charge in [-0.3, -0.25) is 10.1 Å². The predicted octanol–water partition coefficient (Wildman–Crippen LogP) is 2.91. The number of rotatable bonds is 5. The van der Waals surface area contributed by atoms with E-state index in [9.17, 15) is 18.9 Å². The molecular formula is C14H12F2N2O3. The smallest absolute Gasteiger partial charge is 0.269 e. The lowest BCUT2D eigenvalue weighted by atomic mass is 10.2. The Morgan fingerprint density at radius 1 is 1.10 bits per heavy atom. The zero-order valence-electron chi connectivity index (χ0n) is 10.9. The van der Waals surface area contributed by atoms with Crippen LogP contribution in [0.25, 0.3) is 0 Å². The second-order valence-electron chi connectivity index (χ2n) is 4.30. The molecule has 0 aliphatic heterocycles. The molecule has 0 aliphatic carbocycles. The minimum Gasteiger partial charge on any atom is -0.483 e. The van der Waals surface area contributed by atoms with Crippen molar-refractivity contribution in [3.8, 4) is 5.75 Å². The zero-order valence-corrected chi connectivity index (χ0v) is 10.9. The third-order valence-corrected chi connectivity index (χ3v) is 2.82. The molecule has 0 saturated carbocycles. The van der Waals surface area contributed by atoms with E-state index in [1.165, 1.54) is 24.3 Å². The van der Waals surface area contributed by atoms with Crippen molar-refractivity contribution in [2.24, 2.45) is 5.73 Å². The van der Waals surface area contributed by atoms with E-state index in [4.69, 9.17) is 10.5 Å². The minimum absolute atomic E-state index is 0.0243. The molecule has 0 bridgehead atoms. The van der Waals surface area contributed by atoms with Gasteiger partial charge in [0.05, 0.1) is 4.92 Å². The number of nitro benzene ring substituents is 1. The molecule has 0 heterocycles. The molecular weight excluding hydrogens is 282 g/mol. The highest BCUT2D eigenvalue weighted by atomic mass is 19.1. The summed E-state index contributed by atoms with van der Waals surface area (Å²) in [6.45, 7) is -0.0791. The van der Waals surface area contributed by atoms with Crippen LogP contribution in [-0.2, 0) is 13.2 Å². The molecule has 0 saturated heterocycles. The van der Waals surface area contributed by atoms with Crippen molar-refractivity contribution in [1.82, 2.24) is 0 Å². The van der Waals surface area contributed by atoms with E-state index in [0.29, 0.717) is 11.1 Å². The van der Waals surface area contributed by atoms with Crippen molar-refractivity contribution < 1.29 is 18.4 Å². The van der Waals surface area contributed by atoms with Crippen molar-refractivity contribution in [2.75, 3.05) is 0 Å². The van der Waals surface area contributed by atoms with Gasteiger partial charge in [-0.15, -0.1) is 0 Å². The Kier molecular flexibility index (Phi) is 4.44. The number of hydrogen-bond donors (Lipinski definition) is 1. The van der Waals surface area contributed by atoms with Crippen molar-refractivity contribution >= 4 is 5.69 Å². The second-order valence-corrected chi connectivity index (χ2v) is 4.30. The lowest BCUT2D eigenvalue weighted by Gasteiger charge is -2.09. The minimum atomic E-state index is -0.836. The topological polar surface area (TPSA) is 78.4 Å². The van der Waals surface area contributed by atoms with E-state index in [1.54, 1.807) is 0 Å². The Morgan fingerprint density at radius 3 is 2.14 bits per heavy atom. The Labute approximate surface area is 119 Å². The van der Waals surface area contributed by atoms with Gasteiger partial charge in [-0.05, 0) is 35.4 Å². The highest BCUT2D eigenvalue weighted by molar-refractivity contribution is 5.34. The van der Waals surface area contributed by atoms with Crippen LogP contribution >= 0.6 is 0 Å². The molecule has 0 radical (unpaired) electrons. The first kappa shape index (κ1) is 14.9. The molecule has 5 nitrogen and oxygen atoms in total. The molecule has 2 aromatic carbocycles. The van der Waals surface area contributed by atoms with Gasteiger partial charge in [0.25, 0.3) is 5.69 Å². The van der Waals surface area contributed by atoms with Gasteiger partial charge in [0.15, 0.2) is 17.4 Å². The van der Waals surface area contributed by atoms with Crippen LogP contribution in [0, 0.1) is 21.7 Å². The monoisotopic (exact) mass is 294 g/mol. The lowest BCUT2D eigenvalue weighted by Crippen LogP contribution is -2.03. The highest BCUT2D eigenvalue weighted by Crippen LogP contribution is 2.24. The molecule has 2 rings (SSSR count). The van der Waals surface area contributed by atoms with Crippen LogP contribution in [0.5, 0.6) is 5.75 Å². The van der Waals surface area contributed by atoms with Crippen LogP contribution in [0.4, 0.5) is 14.5 Å². The predicted molar refractivity (Wildman–Crippen MR) is 71.7 cm³/mol. The van der Waals surface area contributed by atoms with E-state index < -0.39 is 22.3 Å². The van der Waals surface area contributed by atoms with Crippen LogP contribution in [0.1, 0.15) is 11.1 Å². The van der Waals surface area contributed by atoms with Crippen molar-refractivity contribution in [3.63, 3.8) is 0 Å². The van der Waals surface area contributed by atoms with Crippen LogP contribution in [0.3, 0.4) is 0 Å². The van der Waals surface area contributed by atoms with E-state index >= 15 is 0 Å². The summed E-state index contributed by atoms with van der Waals surface area (Å²) in [6.07, 6.45) is 0. The highest BCUT2D eigenvalue weighted by Gasteiger charge is 2.13. The van der Waals surface area contributed by atoms with Crippen molar-refractivity contribution in [3.05, 3.63) is 69.3 Å². The Balaban J connectivity index is 2.11. The first-order valence-electron chi connectivity index (χ1n) is 6.05. The number of benzene rings is 2. The fourth-order valence-electron chi connectivity index (χ4n) is 1.74. The van der Waals surface area contributed by atoms with E-state index in [-0.39, 0.29) is 18.8 Å².